The minimum absolute atomic E-state index is 0.00549. The highest BCUT2D eigenvalue weighted by Crippen LogP contribution is 2.51. The predicted molar refractivity (Wildman–Crippen MR) is 131 cm³/mol. The number of carbonyl (C=O) groups excluding carboxylic acids is 2. The summed E-state index contributed by atoms with van der Waals surface area (Å²) in [7, 11) is 0. The highest BCUT2D eigenvalue weighted by atomic mass is 19.1. The van der Waals surface area contributed by atoms with E-state index in [0.717, 1.165) is 11.1 Å². The Morgan fingerprint density at radius 1 is 1.00 bits per heavy atom. The van der Waals surface area contributed by atoms with E-state index < -0.39 is 40.1 Å². The molecule has 0 bridgehead atoms. The summed E-state index contributed by atoms with van der Waals surface area (Å²) in [5, 5.41) is 8.51. The Morgan fingerprint density at radius 2 is 1.68 bits per heavy atom. The molecule has 2 fully saturated rings. The summed E-state index contributed by atoms with van der Waals surface area (Å²) in [6.45, 7) is 3.60. The van der Waals surface area contributed by atoms with E-state index in [2.05, 4.69) is 20.2 Å². The molecule has 1 aromatic carbocycles. The Labute approximate surface area is 216 Å². The molecule has 2 aliphatic carbocycles. The van der Waals surface area contributed by atoms with E-state index in [1.54, 1.807) is 44.2 Å². The van der Waals surface area contributed by atoms with Crippen molar-refractivity contribution < 1.29 is 22.9 Å². The van der Waals surface area contributed by atoms with Gasteiger partial charge < -0.3 is 4.52 Å². The van der Waals surface area contributed by atoms with E-state index in [9.17, 15) is 14.0 Å². The monoisotopic (exact) mass is 518 g/mol. The minimum Gasteiger partial charge on any atom is -0.364 e. The third kappa shape index (κ3) is 4.17. The van der Waals surface area contributed by atoms with Gasteiger partial charge in [-0.3, -0.25) is 14.3 Å². The molecule has 0 N–H and O–H groups in total. The van der Waals surface area contributed by atoms with E-state index in [1.165, 1.54) is 17.0 Å². The first-order chi connectivity index (χ1) is 18.2. The van der Waals surface area contributed by atoms with Crippen LogP contribution in [0, 0.1) is 22.5 Å². The number of hydrogen-bond donors (Lipinski definition) is 0. The number of nitrogens with zero attached hydrogens (tertiary/aromatic N) is 6. The summed E-state index contributed by atoms with van der Waals surface area (Å²) in [6.07, 6.45) is 4.80. The van der Waals surface area contributed by atoms with E-state index >= 15 is 4.39 Å². The van der Waals surface area contributed by atoms with Crippen molar-refractivity contribution in [2.45, 2.75) is 46.1 Å². The maximum atomic E-state index is 15.2. The topological polar surface area (TPSA) is 107 Å². The lowest BCUT2D eigenvalue weighted by Crippen LogP contribution is -2.45. The van der Waals surface area contributed by atoms with Crippen LogP contribution >= 0.6 is 0 Å². The molecule has 0 unspecified atom stereocenters. The molecule has 2 saturated carbocycles. The fraction of sp³-hybridized carbons (Fsp3) is 0.333. The number of anilines is 1. The van der Waals surface area contributed by atoms with E-state index in [-0.39, 0.29) is 18.1 Å². The zero-order valence-corrected chi connectivity index (χ0v) is 20.8. The predicted octanol–water partition coefficient (Wildman–Crippen LogP) is 4.78. The van der Waals surface area contributed by atoms with Crippen molar-refractivity contribution in [2.24, 2.45) is 10.8 Å². The van der Waals surface area contributed by atoms with Gasteiger partial charge in [0.25, 0.3) is 0 Å². The summed E-state index contributed by atoms with van der Waals surface area (Å²) in [4.78, 5) is 36.1. The maximum Gasteiger partial charge on any atom is 0.241 e. The number of amides is 2. The van der Waals surface area contributed by atoms with Crippen LogP contribution < -0.4 is 4.90 Å². The van der Waals surface area contributed by atoms with Crippen molar-refractivity contribution in [1.82, 2.24) is 24.9 Å². The van der Waals surface area contributed by atoms with Crippen molar-refractivity contribution in [3.63, 3.8) is 0 Å². The molecular weight excluding hydrogens is 494 g/mol. The van der Waals surface area contributed by atoms with Gasteiger partial charge in [0.2, 0.25) is 11.8 Å². The standard InChI is InChI=1S/C27H24F2N6O3/c1-26(8-9-26)24(36)35(25(37)27(2)10-11-27)23-18(29)14-30-22(31-23)20-13-21(19-7-12-38-33-19)34(32-20)15-16-5-3-4-6-17(16)28/h3-7,12-14H,8-11,15H2,1-2H3. The number of benzene rings is 1. The van der Waals surface area contributed by atoms with Crippen LogP contribution in [0.5, 0.6) is 0 Å². The zero-order chi connectivity index (χ0) is 26.7. The van der Waals surface area contributed by atoms with Crippen LogP contribution in [0.1, 0.15) is 45.1 Å². The minimum atomic E-state index is -0.883. The van der Waals surface area contributed by atoms with E-state index in [0.29, 0.717) is 42.6 Å². The Morgan fingerprint density at radius 3 is 2.29 bits per heavy atom. The summed E-state index contributed by atoms with van der Waals surface area (Å²) in [5.74, 6) is -2.60. The first kappa shape index (κ1) is 24.1. The normalized spacial score (nSPS) is 16.7. The van der Waals surface area contributed by atoms with Gasteiger partial charge >= 0.3 is 0 Å². The number of rotatable bonds is 7. The van der Waals surface area contributed by atoms with Crippen LogP contribution in [0.15, 0.2) is 53.4 Å². The van der Waals surface area contributed by atoms with Gasteiger partial charge in [0.05, 0.1) is 18.4 Å². The molecule has 2 aliphatic rings. The molecule has 9 nitrogen and oxygen atoms in total. The molecule has 0 aliphatic heterocycles. The van der Waals surface area contributed by atoms with Gasteiger partial charge in [-0.05, 0) is 37.8 Å². The Kier molecular flexibility index (Phi) is 5.48. The van der Waals surface area contributed by atoms with Gasteiger partial charge in [0.15, 0.2) is 17.5 Å². The Hall–Kier alpha value is -4.28. The first-order valence-corrected chi connectivity index (χ1v) is 12.3. The number of imide groups is 1. The van der Waals surface area contributed by atoms with Gasteiger partial charge in [-0.2, -0.15) is 5.10 Å². The molecule has 3 aromatic heterocycles. The van der Waals surface area contributed by atoms with Gasteiger partial charge in [-0.25, -0.2) is 23.6 Å². The van der Waals surface area contributed by atoms with Gasteiger partial charge in [-0.15, -0.1) is 0 Å². The second-order valence-electron chi connectivity index (χ2n) is 10.5. The molecule has 2 amide bonds. The molecule has 0 atom stereocenters. The summed E-state index contributed by atoms with van der Waals surface area (Å²) < 4.78 is 36.1. The second-order valence-corrected chi connectivity index (χ2v) is 10.5. The Balaban J connectivity index is 1.43. The average Bonchev–Trinajstić information content (AvgIpc) is 3.70. The summed E-state index contributed by atoms with van der Waals surface area (Å²) >= 11 is 0. The van der Waals surface area contributed by atoms with Crippen molar-refractivity contribution in [1.29, 1.82) is 0 Å². The lowest BCUT2D eigenvalue weighted by Gasteiger charge is -2.26. The number of hydrogen-bond acceptors (Lipinski definition) is 7. The average molecular weight is 519 g/mol. The SMILES string of the molecule is CC1(C(=O)N(C(=O)C2(C)CC2)c2nc(-c3cc(-c4ccon4)n(Cc4ccccc4F)n3)ncc2F)CC1. The molecular formula is C27H24F2N6O3. The smallest absolute Gasteiger partial charge is 0.241 e. The lowest BCUT2D eigenvalue weighted by molar-refractivity contribution is -0.131. The Bertz CT molecular complexity index is 1530. The van der Waals surface area contributed by atoms with Crippen molar-refractivity contribution >= 4 is 17.6 Å². The molecule has 3 heterocycles. The molecule has 0 radical (unpaired) electrons. The molecule has 38 heavy (non-hydrogen) atoms. The third-order valence-corrected chi connectivity index (χ3v) is 7.36. The zero-order valence-electron chi connectivity index (χ0n) is 20.8. The van der Waals surface area contributed by atoms with Gasteiger partial charge in [0.1, 0.15) is 23.5 Å². The number of aromatic nitrogens is 5. The lowest BCUT2D eigenvalue weighted by atomic mass is 10.0. The van der Waals surface area contributed by atoms with Crippen LogP contribution in [0.3, 0.4) is 0 Å². The molecule has 0 saturated heterocycles. The van der Waals surface area contributed by atoms with Crippen LogP contribution in [0.2, 0.25) is 0 Å². The fourth-order valence-electron chi connectivity index (χ4n) is 4.25. The largest absolute Gasteiger partial charge is 0.364 e. The van der Waals surface area contributed by atoms with Crippen LogP contribution in [0.4, 0.5) is 14.6 Å². The molecule has 4 aromatic rings. The van der Waals surface area contributed by atoms with Gasteiger partial charge in [0, 0.05) is 22.5 Å². The maximum absolute atomic E-state index is 15.2. The summed E-state index contributed by atoms with van der Waals surface area (Å²) in [6, 6.07) is 9.56. The number of halogens is 2. The highest BCUT2D eigenvalue weighted by Gasteiger charge is 2.55. The molecule has 6 rings (SSSR count). The van der Waals surface area contributed by atoms with Crippen molar-refractivity contribution in [3.8, 4) is 22.9 Å². The molecule has 11 heteroatoms. The third-order valence-electron chi connectivity index (χ3n) is 7.36. The first-order valence-electron chi connectivity index (χ1n) is 12.3. The summed E-state index contributed by atoms with van der Waals surface area (Å²) in [5.41, 5.74) is 0.116. The van der Waals surface area contributed by atoms with Crippen LogP contribution in [-0.2, 0) is 16.1 Å². The van der Waals surface area contributed by atoms with Crippen LogP contribution in [-0.4, -0.2) is 36.7 Å². The fourth-order valence-corrected chi connectivity index (χ4v) is 4.25. The number of carbonyl (C=O) groups is 2. The molecule has 194 valence electrons. The van der Waals surface area contributed by atoms with E-state index in [1.807, 2.05) is 0 Å². The van der Waals surface area contributed by atoms with Crippen molar-refractivity contribution in [2.75, 3.05) is 4.90 Å². The quantitative estimate of drug-likeness (QED) is 0.324. The van der Waals surface area contributed by atoms with Crippen LogP contribution in [0.25, 0.3) is 22.9 Å². The molecule has 0 spiro atoms. The van der Waals surface area contributed by atoms with Crippen molar-refractivity contribution in [3.05, 3.63) is 66.1 Å². The highest BCUT2D eigenvalue weighted by molar-refractivity contribution is 6.19. The van der Waals surface area contributed by atoms with E-state index in [4.69, 9.17) is 4.52 Å². The second kappa shape index (κ2) is 8.64. The van der Waals surface area contributed by atoms with Gasteiger partial charge in [-0.1, -0.05) is 37.2 Å².